The molecule has 0 bridgehead atoms. The van der Waals surface area contributed by atoms with Crippen LogP contribution in [0, 0.1) is 0 Å². The summed E-state index contributed by atoms with van der Waals surface area (Å²) in [7, 11) is 0. The molecule has 0 heterocycles. The van der Waals surface area contributed by atoms with Crippen molar-refractivity contribution in [3.63, 3.8) is 0 Å². The van der Waals surface area contributed by atoms with E-state index in [1.54, 1.807) is 18.2 Å². The van der Waals surface area contributed by atoms with Crippen molar-refractivity contribution in [2.45, 2.75) is 53.4 Å². The zero-order valence-corrected chi connectivity index (χ0v) is 23.7. The molecule has 38 heavy (non-hydrogen) atoms. The van der Waals surface area contributed by atoms with E-state index in [-0.39, 0.29) is 33.9 Å². The highest BCUT2D eigenvalue weighted by Crippen LogP contribution is 2.22. The van der Waals surface area contributed by atoms with Gasteiger partial charge < -0.3 is 18.9 Å². The monoisotopic (exact) mass is 568 g/mol. The van der Waals surface area contributed by atoms with Crippen molar-refractivity contribution < 1.29 is 38.1 Å². The van der Waals surface area contributed by atoms with Crippen LogP contribution in [0.3, 0.4) is 0 Å². The summed E-state index contributed by atoms with van der Waals surface area (Å²) in [4.78, 5) is 47.5. The highest BCUT2D eigenvalue weighted by atomic mass is 35.5. The van der Waals surface area contributed by atoms with Crippen LogP contribution in [-0.2, 0) is 18.9 Å². The van der Waals surface area contributed by atoms with Crippen molar-refractivity contribution in [2.75, 3.05) is 26.4 Å². The molecular formula is C28H34Cl2O8. The molecule has 0 spiro atoms. The predicted octanol–water partition coefficient (Wildman–Crippen LogP) is 6.95. The molecule has 0 aliphatic carbocycles. The van der Waals surface area contributed by atoms with Gasteiger partial charge in [-0.15, -0.1) is 0 Å². The van der Waals surface area contributed by atoms with Crippen LogP contribution >= 0.6 is 23.2 Å². The highest BCUT2D eigenvalue weighted by molar-refractivity contribution is 6.34. The lowest BCUT2D eigenvalue weighted by Gasteiger charge is -2.10. The molecule has 0 N–H and O–H groups in total. The Morgan fingerprint density at radius 3 is 1.53 bits per heavy atom. The minimum atomic E-state index is -0.601. The number of rotatable bonds is 12. The highest BCUT2D eigenvalue weighted by Gasteiger charge is 2.22. The first-order valence-corrected chi connectivity index (χ1v) is 13.2. The van der Waals surface area contributed by atoms with Gasteiger partial charge in [0.05, 0.1) is 53.7 Å². The average molecular weight is 569 g/mol. The standard InChI is InChI=1S/2C14H17ClO4/c1-3-8-18-13(16)10-6-5-7-11(15)12(10)14(17)19-9-4-2;1-3-7-18-13(16)11-6-5-10(15)9-12(11)14(17)19-8-4-2/h5-7H,3-4,8-9H2,1-2H3;5-6,9H,3-4,7-8H2,1-2H3. The summed E-state index contributed by atoms with van der Waals surface area (Å²) in [6, 6.07) is 9.08. The van der Waals surface area contributed by atoms with Crippen LogP contribution < -0.4 is 0 Å². The van der Waals surface area contributed by atoms with Crippen molar-refractivity contribution in [1.82, 2.24) is 0 Å². The Labute approximate surface area is 233 Å². The third-order valence-corrected chi connectivity index (χ3v) is 5.16. The first-order valence-electron chi connectivity index (χ1n) is 12.5. The zero-order valence-electron chi connectivity index (χ0n) is 22.1. The Bertz CT molecular complexity index is 1070. The van der Waals surface area contributed by atoms with Gasteiger partial charge in [0.25, 0.3) is 0 Å². The maximum Gasteiger partial charge on any atom is 0.340 e. The van der Waals surface area contributed by atoms with Gasteiger partial charge in [0, 0.05) is 5.02 Å². The molecule has 8 nitrogen and oxygen atoms in total. The summed E-state index contributed by atoms with van der Waals surface area (Å²) >= 11 is 11.8. The Balaban J connectivity index is 0.000000380. The number of hydrogen-bond acceptors (Lipinski definition) is 8. The van der Waals surface area contributed by atoms with E-state index in [0.717, 1.165) is 6.42 Å². The lowest BCUT2D eigenvalue weighted by molar-refractivity contribution is 0.0458. The van der Waals surface area contributed by atoms with Crippen molar-refractivity contribution in [3.8, 4) is 0 Å². The minimum absolute atomic E-state index is 0.0683. The Hall–Kier alpha value is -3.10. The smallest absolute Gasteiger partial charge is 0.340 e. The maximum atomic E-state index is 11.9. The molecule has 0 aromatic heterocycles. The molecule has 0 saturated heterocycles. The molecule has 0 atom stereocenters. The van der Waals surface area contributed by atoms with Crippen molar-refractivity contribution in [3.05, 3.63) is 68.7 Å². The van der Waals surface area contributed by atoms with Crippen LogP contribution in [0.25, 0.3) is 0 Å². The third-order valence-electron chi connectivity index (χ3n) is 4.61. The average Bonchev–Trinajstić information content (AvgIpc) is 2.91. The van der Waals surface area contributed by atoms with Crippen LogP contribution in [0.1, 0.15) is 94.8 Å². The van der Waals surface area contributed by atoms with Crippen LogP contribution in [0.5, 0.6) is 0 Å². The van der Waals surface area contributed by atoms with Gasteiger partial charge >= 0.3 is 23.9 Å². The number of ether oxygens (including phenoxy) is 4. The molecule has 208 valence electrons. The summed E-state index contributed by atoms with van der Waals surface area (Å²) in [5, 5.41) is 0.558. The van der Waals surface area contributed by atoms with E-state index in [4.69, 9.17) is 42.1 Å². The van der Waals surface area contributed by atoms with Gasteiger partial charge in [0.2, 0.25) is 0 Å². The molecule has 0 aliphatic heterocycles. The fourth-order valence-corrected chi connectivity index (χ4v) is 3.27. The second-order valence-electron chi connectivity index (χ2n) is 7.90. The molecular weight excluding hydrogens is 535 g/mol. The fraction of sp³-hybridized carbons (Fsp3) is 0.429. The van der Waals surface area contributed by atoms with Gasteiger partial charge in [-0.05, 0) is 56.0 Å². The second kappa shape index (κ2) is 18.2. The van der Waals surface area contributed by atoms with Gasteiger partial charge in [-0.25, -0.2) is 19.2 Å². The van der Waals surface area contributed by atoms with E-state index in [0.29, 0.717) is 44.1 Å². The number of halogens is 2. The summed E-state index contributed by atoms with van der Waals surface area (Å²) < 4.78 is 20.1. The number of carbonyl (C=O) groups is 4. The normalized spacial score (nSPS) is 10.1. The van der Waals surface area contributed by atoms with E-state index in [9.17, 15) is 19.2 Å². The molecule has 0 fully saturated rings. The van der Waals surface area contributed by atoms with E-state index in [1.807, 2.05) is 27.7 Å². The predicted molar refractivity (Wildman–Crippen MR) is 145 cm³/mol. The quantitative estimate of drug-likeness (QED) is 0.200. The first-order chi connectivity index (χ1) is 18.2. The summed E-state index contributed by atoms with van der Waals surface area (Å²) in [6.07, 6.45) is 2.84. The SMILES string of the molecule is CCCOC(=O)c1ccc(Cl)cc1C(=O)OCCC.CCCOC(=O)c1cccc(Cl)c1C(=O)OCCC. The van der Waals surface area contributed by atoms with Crippen LogP contribution in [0.15, 0.2) is 36.4 Å². The van der Waals surface area contributed by atoms with Gasteiger partial charge in [-0.2, -0.15) is 0 Å². The topological polar surface area (TPSA) is 105 Å². The molecule has 2 rings (SSSR count). The largest absolute Gasteiger partial charge is 0.462 e. The summed E-state index contributed by atoms with van der Waals surface area (Å²) in [5.41, 5.74) is 0.529. The van der Waals surface area contributed by atoms with E-state index in [1.165, 1.54) is 18.2 Å². The molecule has 10 heteroatoms. The van der Waals surface area contributed by atoms with Gasteiger partial charge in [-0.3, -0.25) is 0 Å². The summed E-state index contributed by atoms with van der Waals surface area (Å²) in [6.45, 7) is 8.76. The molecule has 2 aromatic carbocycles. The van der Waals surface area contributed by atoms with Gasteiger partial charge in [-0.1, -0.05) is 57.0 Å². The molecule has 0 saturated carbocycles. The lowest BCUT2D eigenvalue weighted by atomic mass is 10.1. The first kappa shape index (κ1) is 32.9. The zero-order chi connectivity index (χ0) is 28.5. The van der Waals surface area contributed by atoms with Crippen LogP contribution in [0.4, 0.5) is 0 Å². The molecule has 0 amide bonds. The van der Waals surface area contributed by atoms with Crippen molar-refractivity contribution in [1.29, 1.82) is 0 Å². The molecule has 0 radical (unpaired) electrons. The minimum Gasteiger partial charge on any atom is -0.462 e. The molecule has 2 aromatic rings. The molecule has 0 aliphatic rings. The number of benzene rings is 2. The second-order valence-corrected chi connectivity index (χ2v) is 8.74. The summed E-state index contributed by atoms with van der Waals surface area (Å²) in [5.74, 6) is -2.27. The third kappa shape index (κ3) is 10.7. The molecule has 0 unspecified atom stereocenters. The van der Waals surface area contributed by atoms with E-state index >= 15 is 0 Å². The fourth-order valence-electron chi connectivity index (χ4n) is 2.85. The van der Waals surface area contributed by atoms with E-state index < -0.39 is 23.9 Å². The van der Waals surface area contributed by atoms with Gasteiger partial charge in [0.15, 0.2) is 0 Å². The number of esters is 4. The Kier molecular flexibility index (Phi) is 15.8. The number of hydrogen-bond donors (Lipinski definition) is 0. The van der Waals surface area contributed by atoms with Crippen molar-refractivity contribution in [2.24, 2.45) is 0 Å². The van der Waals surface area contributed by atoms with Crippen molar-refractivity contribution >= 4 is 47.1 Å². The number of carbonyl (C=O) groups excluding carboxylic acids is 4. The maximum absolute atomic E-state index is 11.9. The van der Waals surface area contributed by atoms with Crippen LogP contribution in [-0.4, -0.2) is 50.3 Å². The Morgan fingerprint density at radius 2 is 1.03 bits per heavy atom. The van der Waals surface area contributed by atoms with Crippen LogP contribution in [0.2, 0.25) is 10.0 Å². The van der Waals surface area contributed by atoms with E-state index in [2.05, 4.69) is 0 Å². The lowest BCUT2D eigenvalue weighted by Crippen LogP contribution is -2.15. The van der Waals surface area contributed by atoms with Gasteiger partial charge in [0.1, 0.15) is 0 Å². The Morgan fingerprint density at radius 1 is 0.579 bits per heavy atom.